The lowest BCUT2D eigenvalue weighted by molar-refractivity contribution is 0.102. The molecule has 2 heterocycles. The summed E-state index contributed by atoms with van der Waals surface area (Å²) in [6.07, 6.45) is 6.63. The van der Waals surface area contributed by atoms with E-state index in [1.165, 1.54) is 25.0 Å². The van der Waals surface area contributed by atoms with E-state index < -0.39 is 15.6 Å². The van der Waals surface area contributed by atoms with E-state index in [0.717, 1.165) is 25.9 Å². The Morgan fingerprint density at radius 2 is 1.77 bits per heavy atom. The zero-order valence-electron chi connectivity index (χ0n) is 18.3. The third-order valence-electron chi connectivity index (χ3n) is 5.95. The van der Waals surface area contributed by atoms with Crippen LogP contribution in [0.1, 0.15) is 56.8 Å². The van der Waals surface area contributed by atoms with Crippen molar-refractivity contribution in [3.63, 3.8) is 0 Å². The summed E-state index contributed by atoms with van der Waals surface area (Å²) in [4.78, 5) is 19.8. The van der Waals surface area contributed by atoms with Gasteiger partial charge in [0.15, 0.2) is 0 Å². The summed E-state index contributed by atoms with van der Waals surface area (Å²) < 4.78 is 27.9. The van der Waals surface area contributed by atoms with Crippen LogP contribution in [0, 0.1) is 5.41 Å². The van der Waals surface area contributed by atoms with Crippen LogP contribution in [-0.4, -0.2) is 37.9 Å². The predicted octanol–water partition coefficient (Wildman–Crippen LogP) is 3.79. The lowest BCUT2D eigenvalue weighted by Crippen LogP contribution is -2.40. The number of sulfonamides is 1. The number of rotatable bonds is 5. The molecule has 166 valence electrons. The number of nitrogens with zero attached hydrogens (tertiary/aromatic N) is 2. The molecule has 1 spiro atoms. The number of amides is 1. The lowest BCUT2D eigenvalue weighted by Gasteiger charge is -2.33. The summed E-state index contributed by atoms with van der Waals surface area (Å²) in [6, 6.07) is 9.80. The molecule has 1 amide bonds. The van der Waals surface area contributed by atoms with Gasteiger partial charge in [0, 0.05) is 30.5 Å². The molecule has 2 aliphatic rings. The molecule has 0 unspecified atom stereocenters. The van der Waals surface area contributed by atoms with Crippen LogP contribution in [0.3, 0.4) is 0 Å². The molecule has 0 bridgehead atoms. The van der Waals surface area contributed by atoms with E-state index >= 15 is 0 Å². The van der Waals surface area contributed by atoms with Gasteiger partial charge < -0.3 is 10.2 Å². The molecule has 4 rings (SSSR count). The zero-order valence-corrected chi connectivity index (χ0v) is 19.1. The molecule has 1 aliphatic carbocycles. The molecule has 0 radical (unpaired) electrons. The molecule has 7 nitrogen and oxygen atoms in total. The van der Waals surface area contributed by atoms with E-state index in [1.54, 1.807) is 51.2 Å². The Morgan fingerprint density at radius 3 is 2.42 bits per heavy atom. The number of carbonyl (C=O) groups excluding carboxylic acids is 1. The summed E-state index contributed by atoms with van der Waals surface area (Å²) in [5, 5.41) is 2.84. The molecular formula is C23H30N4O3S. The topological polar surface area (TPSA) is 91.4 Å². The van der Waals surface area contributed by atoms with Gasteiger partial charge in [0.1, 0.15) is 5.82 Å². The Hall–Kier alpha value is -2.45. The third-order valence-corrected chi connectivity index (χ3v) is 7.71. The number of hydrogen-bond donors (Lipinski definition) is 2. The number of hydrogen-bond acceptors (Lipinski definition) is 5. The second kappa shape index (κ2) is 7.91. The Kier molecular flexibility index (Phi) is 5.55. The lowest BCUT2D eigenvalue weighted by atomic mass is 9.93. The summed E-state index contributed by atoms with van der Waals surface area (Å²) in [6.45, 7) is 7.16. The number of piperidine rings is 1. The molecular weight excluding hydrogens is 412 g/mol. The molecule has 2 fully saturated rings. The molecule has 1 aromatic carbocycles. The maximum absolute atomic E-state index is 13.1. The van der Waals surface area contributed by atoms with Crippen molar-refractivity contribution in [2.45, 2.75) is 56.9 Å². The van der Waals surface area contributed by atoms with Crippen molar-refractivity contribution >= 4 is 27.4 Å². The van der Waals surface area contributed by atoms with E-state index in [4.69, 9.17) is 0 Å². The van der Waals surface area contributed by atoms with Gasteiger partial charge in [-0.05, 0) is 82.2 Å². The molecule has 0 atom stereocenters. The van der Waals surface area contributed by atoms with Gasteiger partial charge in [-0.2, -0.15) is 0 Å². The Morgan fingerprint density at radius 1 is 1.06 bits per heavy atom. The highest BCUT2D eigenvalue weighted by molar-refractivity contribution is 7.89. The van der Waals surface area contributed by atoms with Gasteiger partial charge in [-0.3, -0.25) is 4.79 Å². The Bertz CT molecular complexity index is 1080. The largest absolute Gasteiger partial charge is 0.356 e. The first kappa shape index (κ1) is 21.8. The van der Waals surface area contributed by atoms with E-state index in [-0.39, 0.29) is 10.8 Å². The summed E-state index contributed by atoms with van der Waals surface area (Å²) >= 11 is 0. The van der Waals surface area contributed by atoms with E-state index in [9.17, 15) is 13.2 Å². The minimum atomic E-state index is -3.69. The van der Waals surface area contributed by atoms with Gasteiger partial charge >= 0.3 is 0 Å². The van der Waals surface area contributed by atoms with E-state index in [1.807, 2.05) is 0 Å². The number of anilines is 2. The number of pyridine rings is 1. The van der Waals surface area contributed by atoms with E-state index in [0.29, 0.717) is 22.5 Å². The van der Waals surface area contributed by atoms with Gasteiger partial charge in [0.25, 0.3) is 5.91 Å². The van der Waals surface area contributed by atoms with Crippen molar-refractivity contribution in [2.24, 2.45) is 5.41 Å². The summed E-state index contributed by atoms with van der Waals surface area (Å²) in [5.41, 5.74) is 0.860. The van der Waals surface area contributed by atoms with Crippen LogP contribution >= 0.6 is 0 Å². The van der Waals surface area contributed by atoms with Crippen LogP contribution in [0.2, 0.25) is 0 Å². The first-order chi connectivity index (χ1) is 14.6. The first-order valence-electron chi connectivity index (χ1n) is 10.7. The quantitative estimate of drug-likeness (QED) is 0.735. The van der Waals surface area contributed by atoms with Crippen molar-refractivity contribution < 1.29 is 13.2 Å². The fourth-order valence-corrected chi connectivity index (χ4v) is 5.56. The van der Waals surface area contributed by atoms with E-state index in [2.05, 4.69) is 19.9 Å². The van der Waals surface area contributed by atoms with Gasteiger partial charge in [-0.1, -0.05) is 6.07 Å². The minimum absolute atomic E-state index is 0.109. The van der Waals surface area contributed by atoms with Crippen LogP contribution in [0.15, 0.2) is 47.5 Å². The van der Waals surface area contributed by atoms with Crippen molar-refractivity contribution in [1.82, 2.24) is 9.71 Å². The van der Waals surface area contributed by atoms with Gasteiger partial charge in [-0.15, -0.1) is 0 Å². The first-order valence-corrected chi connectivity index (χ1v) is 12.2. The van der Waals surface area contributed by atoms with Gasteiger partial charge in [-0.25, -0.2) is 18.1 Å². The van der Waals surface area contributed by atoms with Crippen LogP contribution in [0.4, 0.5) is 11.5 Å². The van der Waals surface area contributed by atoms with Crippen LogP contribution in [0.5, 0.6) is 0 Å². The molecule has 2 N–H and O–H groups in total. The maximum Gasteiger partial charge on any atom is 0.259 e. The molecule has 31 heavy (non-hydrogen) atoms. The fourth-order valence-electron chi connectivity index (χ4n) is 4.10. The molecule has 1 saturated heterocycles. The zero-order chi connectivity index (χ0) is 22.3. The van der Waals surface area contributed by atoms with Crippen molar-refractivity contribution in [3.8, 4) is 0 Å². The highest BCUT2D eigenvalue weighted by atomic mass is 32.2. The Balaban J connectivity index is 1.52. The second-order valence-electron chi connectivity index (χ2n) is 9.70. The van der Waals surface area contributed by atoms with Crippen molar-refractivity contribution in [2.75, 3.05) is 23.3 Å². The second-order valence-corrected chi connectivity index (χ2v) is 11.4. The number of aromatic nitrogens is 1. The van der Waals surface area contributed by atoms with Gasteiger partial charge in [0.05, 0.1) is 10.5 Å². The predicted molar refractivity (Wildman–Crippen MR) is 122 cm³/mol. The van der Waals surface area contributed by atoms with Crippen LogP contribution in [0.25, 0.3) is 0 Å². The van der Waals surface area contributed by atoms with Crippen molar-refractivity contribution in [3.05, 3.63) is 48.2 Å². The number of benzene rings is 1. The molecule has 2 aromatic rings. The SMILES string of the molecule is CC(C)(C)NS(=O)(=O)c1cccc(NC(=O)c2cccnc2N2CCC3(CC2)CC3)c1. The molecule has 1 aliphatic heterocycles. The average Bonchev–Trinajstić information content (AvgIpc) is 3.46. The van der Waals surface area contributed by atoms with Crippen molar-refractivity contribution in [1.29, 1.82) is 0 Å². The number of nitrogens with one attached hydrogen (secondary N) is 2. The maximum atomic E-state index is 13.1. The molecule has 1 saturated carbocycles. The Labute approximate surface area is 184 Å². The monoisotopic (exact) mass is 442 g/mol. The average molecular weight is 443 g/mol. The smallest absolute Gasteiger partial charge is 0.259 e. The third kappa shape index (κ3) is 5.07. The highest BCUT2D eigenvalue weighted by Gasteiger charge is 2.44. The van der Waals surface area contributed by atoms with Crippen LogP contribution in [-0.2, 0) is 10.0 Å². The normalized spacial score (nSPS) is 18.1. The van der Waals surface area contributed by atoms with Crippen LogP contribution < -0.4 is 14.9 Å². The summed E-state index contributed by atoms with van der Waals surface area (Å²) in [5.74, 6) is 0.391. The highest BCUT2D eigenvalue weighted by Crippen LogP contribution is 2.53. The minimum Gasteiger partial charge on any atom is -0.356 e. The fraction of sp³-hybridized carbons (Fsp3) is 0.478. The van der Waals surface area contributed by atoms with Gasteiger partial charge in [0.2, 0.25) is 10.0 Å². The standard InChI is InChI=1S/C23H30N4O3S/c1-22(2,3)26-31(29,30)18-7-4-6-17(16-18)25-21(28)19-8-5-13-24-20(19)27-14-11-23(9-10-23)12-15-27/h4-8,13,16,26H,9-12,14-15H2,1-3H3,(H,25,28). The molecule has 1 aromatic heterocycles. The number of carbonyl (C=O) groups is 1. The summed E-state index contributed by atoms with van der Waals surface area (Å²) in [7, 11) is -3.69. The molecule has 8 heteroatoms.